The molecule has 0 aliphatic rings. The third-order valence-corrected chi connectivity index (χ3v) is 6.68. The van der Waals surface area contributed by atoms with Gasteiger partial charge in [0.15, 0.2) is 15.5 Å². The van der Waals surface area contributed by atoms with E-state index in [1.807, 2.05) is 0 Å². The molecule has 0 fully saturated rings. The van der Waals surface area contributed by atoms with Gasteiger partial charge in [0.05, 0.1) is 22.1 Å². The maximum atomic E-state index is 13.4. The molecule has 0 radical (unpaired) electrons. The number of alkyl halides is 3. The van der Waals surface area contributed by atoms with E-state index in [-0.39, 0.29) is 22.8 Å². The summed E-state index contributed by atoms with van der Waals surface area (Å²) < 4.78 is 69.8. The molecule has 11 heteroatoms. The molecule has 2 heterocycles. The summed E-state index contributed by atoms with van der Waals surface area (Å²) in [4.78, 5) is 13.2. The molecule has 0 bridgehead atoms. The van der Waals surface area contributed by atoms with Crippen molar-refractivity contribution in [3.63, 3.8) is 0 Å². The minimum absolute atomic E-state index is 0.0976. The monoisotopic (exact) mass is 472 g/mol. The minimum Gasteiger partial charge on any atom is -0.465 e. The Balaban J connectivity index is 2.08. The zero-order valence-corrected chi connectivity index (χ0v) is 18.5. The molecule has 3 aromatic rings. The van der Waals surface area contributed by atoms with Gasteiger partial charge in [-0.1, -0.05) is 12.1 Å². The molecule has 3 rings (SSSR count). The van der Waals surface area contributed by atoms with E-state index in [4.69, 9.17) is 4.74 Å². The number of halogens is 3. The highest BCUT2D eigenvalue weighted by molar-refractivity contribution is 7.90. The van der Waals surface area contributed by atoms with Crippen molar-refractivity contribution in [3.8, 4) is 21.0 Å². The van der Waals surface area contributed by atoms with Gasteiger partial charge in [-0.3, -0.25) is 9.48 Å². The van der Waals surface area contributed by atoms with Crippen LogP contribution in [0.4, 0.5) is 13.2 Å². The van der Waals surface area contributed by atoms with Crippen LogP contribution in [0.5, 0.6) is 0 Å². The summed E-state index contributed by atoms with van der Waals surface area (Å²) in [6, 6.07) is 9.61. The van der Waals surface area contributed by atoms with E-state index in [0.717, 1.165) is 10.9 Å². The highest BCUT2D eigenvalue weighted by Crippen LogP contribution is 2.40. The Bertz CT molecular complexity index is 1230. The van der Waals surface area contributed by atoms with Gasteiger partial charge in [0.2, 0.25) is 0 Å². The van der Waals surface area contributed by atoms with Gasteiger partial charge in [-0.2, -0.15) is 18.3 Å². The van der Waals surface area contributed by atoms with Gasteiger partial charge in [-0.05, 0) is 43.7 Å². The Hall–Kier alpha value is -2.66. The fourth-order valence-corrected chi connectivity index (χ4v) is 4.85. The lowest BCUT2D eigenvalue weighted by molar-refractivity contribution is -0.146. The van der Waals surface area contributed by atoms with E-state index < -0.39 is 34.2 Å². The number of esters is 1. The number of sulfone groups is 1. The van der Waals surface area contributed by atoms with E-state index in [9.17, 15) is 26.4 Å². The largest absolute Gasteiger partial charge is 0.465 e. The predicted molar refractivity (Wildman–Crippen MR) is 110 cm³/mol. The van der Waals surface area contributed by atoms with Crippen LogP contribution in [0, 0.1) is 6.92 Å². The summed E-state index contributed by atoms with van der Waals surface area (Å²) in [7, 11) is -3.41. The Morgan fingerprint density at radius 2 is 1.87 bits per heavy atom. The van der Waals surface area contributed by atoms with Gasteiger partial charge in [-0.15, -0.1) is 11.3 Å². The average Bonchev–Trinajstić information content (AvgIpc) is 3.25. The van der Waals surface area contributed by atoms with Crippen LogP contribution in [0.2, 0.25) is 0 Å². The second-order valence-electron chi connectivity index (χ2n) is 6.75. The molecule has 6 nitrogen and oxygen atoms in total. The predicted octanol–water partition coefficient (Wildman–Crippen LogP) is 4.57. The first kappa shape index (κ1) is 23.0. The molecule has 0 aliphatic carbocycles. The summed E-state index contributed by atoms with van der Waals surface area (Å²) >= 11 is 1.18. The lowest BCUT2D eigenvalue weighted by atomic mass is 10.1. The molecule has 0 spiro atoms. The number of nitrogens with zero attached hydrogens (tertiary/aromatic N) is 2. The van der Waals surface area contributed by atoms with E-state index in [1.165, 1.54) is 30.4 Å². The summed E-state index contributed by atoms with van der Waals surface area (Å²) in [6.45, 7) is 2.54. The van der Waals surface area contributed by atoms with Crippen molar-refractivity contribution in [2.45, 2.75) is 31.5 Å². The number of thiophene rings is 1. The Morgan fingerprint density at radius 3 is 2.48 bits per heavy atom. The third kappa shape index (κ3) is 4.99. The highest BCUT2D eigenvalue weighted by atomic mass is 32.2. The molecule has 166 valence electrons. The summed E-state index contributed by atoms with van der Waals surface area (Å²) in [5, 5.41) is 3.63. The Morgan fingerprint density at radius 1 is 1.19 bits per heavy atom. The maximum Gasteiger partial charge on any atom is 0.435 e. The van der Waals surface area contributed by atoms with Crippen LogP contribution in [0.25, 0.3) is 21.0 Å². The number of carbonyl (C=O) groups excluding carboxylic acids is 1. The van der Waals surface area contributed by atoms with E-state index in [1.54, 1.807) is 31.2 Å². The van der Waals surface area contributed by atoms with Crippen molar-refractivity contribution >= 4 is 27.1 Å². The number of hydrogen-bond acceptors (Lipinski definition) is 6. The normalized spacial score (nSPS) is 12.2. The number of aromatic nitrogens is 2. The highest BCUT2D eigenvalue weighted by Gasteiger charge is 2.38. The Kier molecular flexibility index (Phi) is 6.28. The number of rotatable bonds is 6. The number of benzene rings is 1. The molecular formula is C20H19F3N2O4S2. The first-order chi connectivity index (χ1) is 14.4. The summed E-state index contributed by atoms with van der Waals surface area (Å²) in [5.74, 6) is -0.697. The summed E-state index contributed by atoms with van der Waals surface area (Å²) in [6.07, 6.45) is -3.58. The average molecular weight is 473 g/mol. The van der Waals surface area contributed by atoms with Crippen molar-refractivity contribution in [3.05, 3.63) is 47.7 Å². The number of carbonyl (C=O) groups is 1. The molecule has 31 heavy (non-hydrogen) atoms. The molecule has 0 saturated heterocycles. The van der Waals surface area contributed by atoms with E-state index in [0.29, 0.717) is 15.3 Å². The molecule has 0 N–H and O–H groups in total. The smallest absolute Gasteiger partial charge is 0.435 e. The first-order valence-corrected chi connectivity index (χ1v) is 11.8. The van der Waals surface area contributed by atoms with Crippen LogP contribution < -0.4 is 0 Å². The zero-order chi connectivity index (χ0) is 23.0. The molecule has 0 saturated carbocycles. The lowest BCUT2D eigenvalue weighted by Crippen LogP contribution is -2.16. The van der Waals surface area contributed by atoms with Gasteiger partial charge in [-0.25, -0.2) is 8.42 Å². The standard InChI is InChI=1S/C20H19F3N2O4S2/c1-4-29-17(26)11-25-18(12(2)19(24-25)20(21,22)23)16-9-8-15(30-16)13-6-5-7-14(10-13)31(3,27)28/h5-10H,4,11H2,1-3H3. The molecule has 0 unspecified atom stereocenters. The van der Waals surface area contributed by atoms with Crippen molar-refractivity contribution in [1.29, 1.82) is 0 Å². The molecule has 0 amide bonds. The van der Waals surface area contributed by atoms with Crippen LogP contribution in [0.1, 0.15) is 18.2 Å². The molecule has 0 atom stereocenters. The zero-order valence-electron chi connectivity index (χ0n) is 16.9. The quantitative estimate of drug-likeness (QED) is 0.491. The van der Waals surface area contributed by atoms with Crippen LogP contribution in [0.3, 0.4) is 0 Å². The fraction of sp³-hybridized carbons (Fsp3) is 0.300. The topological polar surface area (TPSA) is 78.3 Å². The van der Waals surface area contributed by atoms with E-state index >= 15 is 0 Å². The van der Waals surface area contributed by atoms with E-state index in [2.05, 4.69) is 5.10 Å². The maximum absolute atomic E-state index is 13.4. The number of ether oxygens (including phenoxy) is 1. The second-order valence-corrected chi connectivity index (χ2v) is 9.85. The van der Waals surface area contributed by atoms with Crippen molar-refractivity contribution in [1.82, 2.24) is 9.78 Å². The number of hydrogen-bond donors (Lipinski definition) is 0. The van der Waals surface area contributed by atoms with Gasteiger partial charge in [0.25, 0.3) is 0 Å². The van der Waals surface area contributed by atoms with Crippen LogP contribution in [0.15, 0.2) is 41.3 Å². The lowest BCUT2D eigenvalue weighted by Gasteiger charge is -2.06. The van der Waals surface area contributed by atoms with Gasteiger partial charge < -0.3 is 4.74 Å². The van der Waals surface area contributed by atoms with Gasteiger partial charge in [0, 0.05) is 16.7 Å². The first-order valence-electron chi connectivity index (χ1n) is 9.12. The second kappa shape index (κ2) is 8.46. The summed E-state index contributed by atoms with van der Waals surface area (Å²) in [5.41, 5.74) is -0.392. The van der Waals surface area contributed by atoms with Crippen molar-refractivity contribution in [2.24, 2.45) is 0 Å². The van der Waals surface area contributed by atoms with Crippen LogP contribution in [-0.2, 0) is 32.1 Å². The fourth-order valence-electron chi connectivity index (χ4n) is 3.08. The van der Waals surface area contributed by atoms with Gasteiger partial charge >= 0.3 is 12.1 Å². The molecule has 1 aromatic carbocycles. The SMILES string of the molecule is CCOC(=O)Cn1nc(C(F)(F)F)c(C)c1-c1ccc(-c2cccc(S(C)(=O)=O)c2)s1. The molecule has 2 aromatic heterocycles. The third-order valence-electron chi connectivity index (χ3n) is 4.43. The van der Waals surface area contributed by atoms with Crippen molar-refractivity contribution in [2.75, 3.05) is 12.9 Å². The van der Waals surface area contributed by atoms with Crippen molar-refractivity contribution < 1.29 is 31.1 Å². The molecular weight excluding hydrogens is 453 g/mol. The molecule has 0 aliphatic heterocycles. The van der Waals surface area contributed by atoms with Gasteiger partial charge in [0.1, 0.15) is 6.54 Å². The minimum atomic E-state index is -4.68. The van der Waals surface area contributed by atoms with Crippen LogP contribution in [-0.4, -0.2) is 37.0 Å². The Labute approximate surface area is 181 Å². The van der Waals surface area contributed by atoms with Crippen LogP contribution >= 0.6 is 11.3 Å².